The normalized spacial score (nSPS) is 14.2. The van der Waals surface area contributed by atoms with E-state index in [1.54, 1.807) is 13.0 Å². The second-order valence-corrected chi connectivity index (χ2v) is 6.03. The van der Waals surface area contributed by atoms with Gasteiger partial charge in [-0.15, -0.1) is 0 Å². The van der Waals surface area contributed by atoms with E-state index < -0.39 is 17.6 Å². The number of halogens is 2. The molecular formula is C18H14F2N2O3. The monoisotopic (exact) mass is 344 g/mol. The molecule has 0 amide bonds. The van der Waals surface area contributed by atoms with Crippen LogP contribution in [0.2, 0.25) is 0 Å². The summed E-state index contributed by atoms with van der Waals surface area (Å²) < 4.78 is 32.0. The Balaban J connectivity index is 2.05. The molecule has 7 heteroatoms. The Morgan fingerprint density at radius 3 is 2.32 bits per heavy atom. The van der Waals surface area contributed by atoms with E-state index in [-0.39, 0.29) is 40.4 Å². The number of esters is 1. The first-order valence-corrected chi connectivity index (χ1v) is 7.99. The highest BCUT2D eigenvalue weighted by Gasteiger charge is 2.30. The third kappa shape index (κ3) is 2.56. The van der Waals surface area contributed by atoms with Crippen molar-refractivity contribution in [3.63, 3.8) is 0 Å². The van der Waals surface area contributed by atoms with Crippen LogP contribution in [0.1, 0.15) is 41.6 Å². The van der Waals surface area contributed by atoms with Gasteiger partial charge in [-0.05, 0) is 37.3 Å². The van der Waals surface area contributed by atoms with Gasteiger partial charge in [0.2, 0.25) is 0 Å². The standard InChI is InChI=1S/C18H14F2N2O3/c1-2-25-18(24)10-5-9(8-3-4-8)15-16(17(10)23)22-14-7-12(20)11(19)6-13(14)21-15/h5-8,23H,2-4H2,1H3. The van der Waals surface area contributed by atoms with Gasteiger partial charge in [-0.2, -0.15) is 0 Å². The van der Waals surface area contributed by atoms with E-state index >= 15 is 0 Å². The molecule has 128 valence electrons. The molecule has 3 aromatic rings. The van der Waals surface area contributed by atoms with Crippen LogP contribution >= 0.6 is 0 Å². The fraction of sp³-hybridized carbons (Fsp3) is 0.278. The van der Waals surface area contributed by atoms with Gasteiger partial charge in [0.25, 0.3) is 0 Å². The van der Waals surface area contributed by atoms with Crippen LogP contribution in [0.25, 0.3) is 22.1 Å². The Bertz CT molecular complexity index is 1030. The van der Waals surface area contributed by atoms with Gasteiger partial charge in [-0.1, -0.05) is 0 Å². The van der Waals surface area contributed by atoms with Crippen LogP contribution in [0.4, 0.5) is 8.78 Å². The van der Waals surface area contributed by atoms with Crippen molar-refractivity contribution in [2.75, 3.05) is 6.61 Å². The molecule has 0 aliphatic heterocycles. The van der Waals surface area contributed by atoms with E-state index in [2.05, 4.69) is 9.97 Å². The van der Waals surface area contributed by atoms with Gasteiger partial charge in [0.05, 0.1) is 23.2 Å². The van der Waals surface area contributed by atoms with Crippen molar-refractivity contribution in [2.24, 2.45) is 0 Å². The highest BCUT2D eigenvalue weighted by atomic mass is 19.2. The lowest BCUT2D eigenvalue weighted by Crippen LogP contribution is -2.07. The van der Waals surface area contributed by atoms with Crippen molar-refractivity contribution < 1.29 is 23.4 Å². The molecule has 1 aliphatic rings. The fourth-order valence-electron chi connectivity index (χ4n) is 2.91. The van der Waals surface area contributed by atoms with E-state index in [1.165, 1.54) is 0 Å². The molecule has 1 aromatic heterocycles. The maximum atomic E-state index is 13.5. The van der Waals surface area contributed by atoms with Gasteiger partial charge in [0.15, 0.2) is 17.4 Å². The van der Waals surface area contributed by atoms with Gasteiger partial charge in [0, 0.05) is 12.1 Å². The van der Waals surface area contributed by atoms with Crippen molar-refractivity contribution in [3.05, 3.63) is 41.0 Å². The maximum absolute atomic E-state index is 13.5. The third-order valence-corrected chi connectivity index (χ3v) is 4.27. The minimum atomic E-state index is -1.05. The van der Waals surface area contributed by atoms with Crippen molar-refractivity contribution >= 4 is 28.0 Å². The molecule has 0 radical (unpaired) electrons. The SMILES string of the molecule is CCOC(=O)c1cc(C2CC2)c2nc3cc(F)c(F)cc3nc2c1O. The summed E-state index contributed by atoms with van der Waals surface area (Å²) in [6.45, 7) is 1.84. The zero-order valence-corrected chi connectivity index (χ0v) is 13.3. The Morgan fingerprint density at radius 2 is 1.76 bits per heavy atom. The molecule has 5 nitrogen and oxygen atoms in total. The Morgan fingerprint density at radius 1 is 1.16 bits per heavy atom. The zero-order chi connectivity index (χ0) is 17.7. The number of hydrogen-bond donors (Lipinski definition) is 1. The number of ether oxygens (including phenoxy) is 1. The summed E-state index contributed by atoms with van der Waals surface area (Å²) in [6.07, 6.45) is 1.86. The van der Waals surface area contributed by atoms with Crippen LogP contribution in [-0.2, 0) is 4.74 Å². The van der Waals surface area contributed by atoms with Gasteiger partial charge in [-0.25, -0.2) is 23.5 Å². The number of phenolic OH excluding ortho intramolecular Hbond substituents is 1. The molecule has 0 atom stereocenters. The van der Waals surface area contributed by atoms with Crippen molar-refractivity contribution in [1.82, 2.24) is 9.97 Å². The van der Waals surface area contributed by atoms with E-state index in [4.69, 9.17) is 4.74 Å². The number of hydrogen-bond acceptors (Lipinski definition) is 5. The Labute approximate surface area is 141 Å². The summed E-state index contributed by atoms with van der Waals surface area (Å²) >= 11 is 0. The van der Waals surface area contributed by atoms with Crippen LogP contribution < -0.4 is 0 Å². The number of rotatable bonds is 3. The number of nitrogens with zero attached hydrogens (tertiary/aromatic N) is 2. The van der Waals surface area contributed by atoms with E-state index in [9.17, 15) is 18.7 Å². The smallest absolute Gasteiger partial charge is 0.341 e. The van der Waals surface area contributed by atoms with Crippen molar-refractivity contribution in [1.29, 1.82) is 0 Å². The van der Waals surface area contributed by atoms with Gasteiger partial charge in [0.1, 0.15) is 11.1 Å². The lowest BCUT2D eigenvalue weighted by atomic mass is 10.0. The second-order valence-electron chi connectivity index (χ2n) is 6.03. The summed E-state index contributed by atoms with van der Waals surface area (Å²) in [4.78, 5) is 20.7. The average Bonchev–Trinajstić information content (AvgIpc) is 3.40. The Kier molecular flexibility index (Phi) is 3.52. The number of carbonyl (C=O) groups excluding carboxylic acids is 1. The van der Waals surface area contributed by atoms with Crippen LogP contribution in [-0.4, -0.2) is 27.7 Å². The molecule has 25 heavy (non-hydrogen) atoms. The summed E-state index contributed by atoms with van der Waals surface area (Å²) in [6, 6.07) is 3.46. The topological polar surface area (TPSA) is 72.3 Å². The molecule has 1 aliphatic carbocycles. The number of carbonyl (C=O) groups is 1. The molecule has 0 bridgehead atoms. The average molecular weight is 344 g/mol. The highest BCUT2D eigenvalue weighted by Crippen LogP contribution is 2.45. The molecule has 0 unspecified atom stereocenters. The van der Waals surface area contributed by atoms with E-state index in [1.807, 2.05) is 0 Å². The first kappa shape index (κ1) is 15.7. The number of benzene rings is 2. The van der Waals surface area contributed by atoms with E-state index in [0.29, 0.717) is 5.52 Å². The molecule has 1 fully saturated rings. The second kappa shape index (κ2) is 5.61. The molecule has 2 aromatic carbocycles. The van der Waals surface area contributed by atoms with Gasteiger partial charge in [-0.3, -0.25) is 0 Å². The number of aromatic hydroxyl groups is 1. The predicted molar refractivity (Wildman–Crippen MR) is 86.6 cm³/mol. The van der Waals surface area contributed by atoms with E-state index in [0.717, 1.165) is 30.5 Å². The van der Waals surface area contributed by atoms with Crippen LogP contribution in [0, 0.1) is 11.6 Å². The van der Waals surface area contributed by atoms with Crippen LogP contribution in [0.3, 0.4) is 0 Å². The maximum Gasteiger partial charge on any atom is 0.341 e. The number of fused-ring (bicyclic) bond motifs is 2. The minimum Gasteiger partial charge on any atom is -0.505 e. The van der Waals surface area contributed by atoms with Crippen LogP contribution in [0.15, 0.2) is 18.2 Å². The largest absolute Gasteiger partial charge is 0.505 e. The molecular weight excluding hydrogens is 330 g/mol. The molecule has 1 N–H and O–H groups in total. The van der Waals surface area contributed by atoms with Crippen molar-refractivity contribution in [2.45, 2.75) is 25.7 Å². The summed E-state index contributed by atoms with van der Waals surface area (Å²) in [5, 5.41) is 10.5. The Hall–Kier alpha value is -2.83. The lowest BCUT2D eigenvalue weighted by molar-refractivity contribution is 0.0523. The highest BCUT2D eigenvalue weighted by molar-refractivity contribution is 6.02. The summed E-state index contributed by atoms with van der Waals surface area (Å²) in [5.74, 6) is -2.88. The quantitative estimate of drug-likeness (QED) is 0.578. The first-order chi connectivity index (χ1) is 12.0. The predicted octanol–water partition coefficient (Wildman–Crippen LogP) is 3.82. The molecule has 0 spiro atoms. The molecule has 1 saturated carbocycles. The van der Waals surface area contributed by atoms with Gasteiger partial charge < -0.3 is 9.84 Å². The zero-order valence-electron chi connectivity index (χ0n) is 13.3. The van der Waals surface area contributed by atoms with Crippen molar-refractivity contribution in [3.8, 4) is 5.75 Å². The minimum absolute atomic E-state index is 0.00693. The summed E-state index contributed by atoms with van der Waals surface area (Å²) in [7, 11) is 0. The summed E-state index contributed by atoms with van der Waals surface area (Å²) in [5.41, 5.74) is 1.54. The van der Waals surface area contributed by atoms with Gasteiger partial charge >= 0.3 is 5.97 Å². The molecule has 0 saturated heterocycles. The number of aromatic nitrogens is 2. The third-order valence-electron chi connectivity index (χ3n) is 4.27. The van der Waals surface area contributed by atoms with Crippen LogP contribution in [0.5, 0.6) is 5.75 Å². The number of phenols is 1. The molecule has 1 heterocycles. The fourth-order valence-corrected chi connectivity index (χ4v) is 2.91. The molecule has 4 rings (SSSR count). The lowest BCUT2D eigenvalue weighted by Gasteiger charge is -2.12. The first-order valence-electron chi connectivity index (χ1n) is 7.99.